The Morgan fingerprint density at radius 2 is 1.32 bits per heavy atom. The van der Waals surface area contributed by atoms with Gasteiger partial charge >= 0.3 is 18.2 Å². The highest BCUT2D eigenvalue weighted by Crippen LogP contribution is 2.31. The van der Waals surface area contributed by atoms with E-state index in [2.05, 4.69) is 15.5 Å². The smallest absolute Gasteiger partial charge is 0.444 e. The molecule has 2 saturated carbocycles. The van der Waals surface area contributed by atoms with Gasteiger partial charge in [-0.05, 0) is 64.5 Å². The monoisotopic (exact) mass is 894 g/mol. The number of alkyl carbamates (subject to hydrolysis) is 1. The average molecular weight is 895 g/mol. The fraction of sp³-hybridized carbons (Fsp3) is 0.667. The first-order valence-electron chi connectivity index (χ1n) is 20.7. The van der Waals surface area contributed by atoms with Crippen LogP contribution in [-0.2, 0) is 33.9 Å². The zero-order valence-corrected chi connectivity index (χ0v) is 36.1. The molecule has 2 N–H and O–H groups in total. The van der Waals surface area contributed by atoms with Gasteiger partial charge in [-0.1, -0.05) is 89.3 Å². The fourth-order valence-corrected chi connectivity index (χ4v) is 8.88. The number of hydrogen-bond acceptors (Lipinski definition) is 11. The van der Waals surface area contributed by atoms with Crippen LogP contribution in [0.2, 0.25) is 0 Å². The topological polar surface area (TPSA) is 211 Å². The molecule has 2 unspecified atom stereocenters. The van der Waals surface area contributed by atoms with E-state index < -0.39 is 75.7 Å². The number of likely N-dealkylation sites (N-methyl/N-ethyl adjacent to an activating group) is 1. The Hall–Kier alpha value is -5.06. The molecule has 2 aliphatic heterocycles. The maximum atomic E-state index is 13.6. The van der Waals surface area contributed by atoms with Gasteiger partial charge in [0.15, 0.2) is 0 Å². The summed E-state index contributed by atoms with van der Waals surface area (Å²) in [5.74, 6) is -3.94. The zero-order valence-electron chi connectivity index (χ0n) is 35.3. The van der Waals surface area contributed by atoms with E-state index in [0.717, 1.165) is 79.8 Å². The largest absolute Gasteiger partial charge is 0.471 e. The first-order valence-corrected chi connectivity index (χ1v) is 22.1. The molecule has 344 valence electrons. The number of hydrazone groups is 2. The van der Waals surface area contributed by atoms with Gasteiger partial charge in [0.05, 0.1) is 11.0 Å². The highest BCUT2D eigenvalue weighted by molar-refractivity contribution is 7.89. The van der Waals surface area contributed by atoms with E-state index in [-0.39, 0.29) is 43.4 Å². The maximum absolute atomic E-state index is 13.6. The predicted molar refractivity (Wildman–Crippen MR) is 224 cm³/mol. The zero-order chi connectivity index (χ0) is 45.1. The second-order valence-electron chi connectivity index (χ2n) is 16.9. The fourth-order valence-electron chi connectivity index (χ4n) is 7.73. The van der Waals surface area contributed by atoms with Crippen LogP contribution in [0.4, 0.5) is 18.0 Å². The van der Waals surface area contributed by atoms with Gasteiger partial charge in [-0.15, -0.1) is 0 Å². The summed E-state index contributed by atoms with van der Waals surface area (Å²) in [5, 5.41) is 23.2. The third kappa shape index (κ3) is 14.2. The van der Waals surface area contributed by atoms with Crippen LogP contribution >= 0.6 is 0 Å². The lowest BCUT2D eigenvalue weighted by atomic mass is 9.84. The molecule has 0 radical (unpaired) electrons. The average Bonchev–Trinajstić information content (AvgIpc) is 3.90. The molecule has 1 aromatic rings. The molecule has 1 aromatic carbocycles. The van der Waals surface area contributed by atoms with Crippen LogP contribution in [0, 0.1) is 30.1 Å². The van der Waals surface area contributed by atoms with E-state index in [1.807, 2.05) is 13.0 Å². The van der Waals surface area contributed by atoms with Gasteiger partial charge in [0, 0.05) is 32.3 Å². The van der Waals surface area contributed by atoms with Crippen molar-refractivity contribution in [3.8, 4) is 6.07 Å². The summed E-state index contributed by atoms with van der Waals surface area (Å²) in [6, 6.07) is 3.81. The van der Waals surface area contributed by atoms with Crippen LogP contribution in [0.5, 0.6) is 0 Å². The molecule has 20 heteroatoms. The molecule has 0 saturated heterocycles. The number of nitrogens with one attached hydrogen (secondary N) is 2. The van der Waals surface area contributed by atoms with Gasteiger partial charge in [-0.3, -0.25) is 19.2 Å². The second-order valence-corrected chi connectivity index (χ2v) is 18.9. The van der Waals surface area contributed by atoms with Crippen LogP contribution in [0.3, 0.4) is 0 Å². The molecule has 2 heterocycles. The maximum Gasteiger partial charge on any atom is 0.471 e. The lowest BCUT2D eigenvalue weighted by molar-refractivity contribution is -0.175. The van der Waals surface area contributed by atoms with Crippen LogP contribution in [0.1, 0.15) is 124 Å². The third-order valence-corrected chi connectivity index (χ3v) is 12.7. The number of aryl methyl sites for hydroxylation is 1. The minimum absolute atomic E-state index is 0. The van der Waals surface area contributed by atoms with Crippen molar-refractivity contribution in [1.29, 1.82) is 5.26 Å². The number of hydrogen-bond donors (Lipinski definition) is 2. The van der Waals surface area contributed by atoms with Crippen molar-refractivity contribution in [1.82, 2.24) is 25.0 Å². The van der Waals surface area contributed by atoms with E-state index in [0.29, 0.717) is 10.7 Å². The van der Waals surface area contributed by atoms with E-state index in [1.54, 1.807) is 38.2 Å². The van der Waals surface area contributed by atoms with Crippen molar-refractivity contribution in [3.63, 3.8) is 0 Å². The summed E-state index contributed by atoms with van der Waals surface area (Å²) in [4.78, 5) is 63.3. The molecule has 0 aromatic heterocycles. The van der Waals surface area contributed by atoms with Crippen molar-refractivity contribution in [3.05, 3.63) is 29.8 Å². The second kappa shape index (κ2) is 22.3. The Kier molecular flexibility index (Phi) is 18.5. The molecule has 2 aliphatic carbocycles. The molecule has 0 bridgehead atoms. The summed E-state index contributed by atoms with van der Waals surface area (Å²) in [5.41, 5.74) is 0.134. The molecular weight excluding hydrogens is 834 g/mol. The summed E-state index contributed by atoms with van der Waals surface area (Å²) in [7, 11) is -2.95. The van der Waals surface area contributed by atoms with Gasteiger partial charge < -0.3 is 15.4 Å². The van der Waals surface area contributed by atoms with Crippen molar-refractivity contribution < 1.29 is 50.3 Å². The number of nitrogens with zero attached hydrogens (tertiary/aromatic N) is 6. The van der Waals surface area contributed by atoms with Crippen LogP contribution in [0.15, 0.2) is 39.4 Å². The highest BCUT2D eigenvalue weighted by atomic mass is 32.2. The van der Waals surface area contributed by atoms with E-state index in [4.69, 9.17) is 10.00 Å². The van der Waals surface area contributed by atoms with Crippen molar-refractivity contribution in [2.45, 2.75) is 166 Å². The Balaban J connectivity index is 0.000000355. The number of benzene rings is 1. The number of alkyl halides is 3. The summed E-state index contributed by atoms with van der Waals surface area (Å²) < 4.78 is 69.9. The molecule has 16 nitrogen and oxygen atoms in total. The number of amides is 5. The van der Waals surface area contributed by atoms with Gasteiger partial charge in [0.2, 0.25) is 0 Å². The van der Waals surface area contributed by atoms with Gasteiger partial charge in [-0.25, -0.2) is 27.5 Å². The van der Waals surface area contributed by atoms with Crippen LogP contribution < -0.4 is 10.6 Å². The quantitative estimate of drug-likeness (QED) is 0.253. The number of rotatable bonds is 11. The predicted octanol–water partition coefficient (Wildman–Crippen LogP) is 6.34. The molecule has 5 rings (SSSR count). The molecular formula is C42H61F3N8O8S. The van der Waals surface area contributed by atoms with E-state index in [1.165, 1.54) is 31.6 Å². The molecule has 2 fully saturated rings. The van der Waals surface area contributed by atoms with Crippen molar-refractivity contribution >= 4 is 52.2 Å². The van der Waals surface area contributed by atoms with E-state index >= 15 is 0 Å². The van der Waals surface area contributed by atoms with Crippen molar-refractivity contribution in [2.24, 2.45) is 22.0 Å². The lowest BCUT2D eigenvalue weighted by Crippen LogP contribution is -2.54. The van der Waals surface area contributed by atoms with Crippen LogP contribution in [-0.4, -0.2) is 108 Å². The highest BCUT2D eigenvalue weighted by Gasteiger charge is 2.44. The number of carbonyl (C=O) groups excluding carboxylic acids is 5. The molecule has 0 spiro atoms. The molecule has 62 heavy (non-hydrogen) atoms. The number of nitriles is 1. The number of ether oxygens (including phenoxy) is 1. The van der Waals surface area contributed by atoms with Crippen LogP contribution in [0.25, 0.3) is 0 Å². The third-order valence-electron chi connectivity index (χ3n) is 11.0. The molecule has 4 aliphatic rings. The lowest BCUT2D eigenvalue weighted by Gasteiger charge is -2.31. The van der Waals surface area contributed by atoms with Gasteiger partial charge in [0.1, 0.15) is 29.8 Å². The van der Waals surface area contributed by atoms with Gasteiger partial charge in [-0.2, -0.15) is 28.6 Å². The Morgan fingerprint density at radius 1 is 0.839 bits per heavy atom. The number of carbonyl (C=O) groups is 5. The number of sulfonamides is 1. The standard InChI is InChI=1S/C26H38N4O6S.C15H19F3N4O2.CH4/c1-18-11-13-20(14-12-18)37(34,35)29(5)24(32)22-15-16-27-30(22)23(31)21(17-19-9-7-6-8-10-19)28-25(33)36-26(2,3)4;16-15(17,18)14(24)21-12(8-10-4-2-1-3-5-10)13(23)22-11(9-19)6-7-20-22;/h11-14,16,19,21-22H,6-10,15,17H2,1-5H3,(H,28,33);7,10-12H,1-6,8H2,(H,21,24);1H4/t21-,22?;11?,12-;/m10./s1. The van der Waals surface area contributed by atoms with Crippen molar-refractivity contribution in [2.75, 3.05) is 7.05 Å². The van der Waals surface area contributed by atoms with Gasteiger partial charge in [0.25, 0.3) is 27.7 Å². The Morgan fingerprint density at radius 3 is 1.82 bits per heavy atom. The Bertz CT molecular complexity index is 1940. The minimum atomic E-state index is -5.06. The summed E-state index contributed by atoms with van der Waals surface area (Å²) in [6.45, 7) is 7.02. The SMILES string of the molecule is C.Cc1ccc(S(=O)(=O)N(C)C(=O)C2CC=NN2C(=O)[C@@H](CC2CCCCC2)NC(=O)OC(C)(C)C)cc1.N#CC1CC=NN1C(=O)[C@H](CC1CCCCC1)NC(=O)C(F)(F)F. The normalized spacial score (nSPS) is 20.4. The minimum Gasteiger partial charge on any atom is -0.444 e. The van der Waals surface area contributed by atoms with E-state index in [9.17, 15) is 45.6 Å². The first-order chi connectivity index (χ1) is 28.6. The Labute approximate surface area is 362 Å². The summed E-state index contributed by atoms with van der Waals surface area (Å²) in [6.07, 6.45) is 7.58. The number of halogens is 3. The first kappa shape index (κ1) is 51.3. The molecule has 4 atom stereocenters. The molecule has 5 amide bonds. The summed E-state index contributed by atoms with van der Waals surface area (Å²) >= 11 is 0.